The van der Waals surface area contributed by atoms with Crippen LogP contribution in [0.15, 0.2) is 0 Å². The van der Waals surface area contributed by atoms with Crippen LogP contribution in [0.1, 0.15) is 39.5 Å². The predicted octanol–water partition coefficient (Wildman–Crippen LogP) is 1.09. The molecule has 0 aromatic rings. The Labute approximate surface area is 109 Å². The topological polar surface area (TPSA) is 69.6 Å². The molecule has 0 spiro atoms. The zero-order valence-corrected chi connectivity index (χ0v) is 11.3. The van der Waals surface area contributed by atoms with Gasteiger partial charge < -0.3 is 15.3 Å². The molecular weight excluding hydrogens is 232 g/mol. The van der Waals surface area contributed by atoms with Gasteiger partial charge in [-0.1, -0.05) is 13.8 Å². The van der Waals surface area contributed by atoms with Crippen molar-refractivity contribution in [3.63, 3.8) is 0 Å². The van der Waals surface area contributed by atoms with E-state index in [1.54, 1.807) is 0 Å². The molecule has 0 unspecified atom stereocenters. The van der Waals surface area contributed by atoms with Crippen LogP contribution in [0.5, 0.6) is 0 Å². The number of likely N-dealkylation sites (tertiary alicyclic amines) is 1. The summed E-state index contributed by atoms with van der Waals surface area (Å²) in [5.41, 5.74) is 0. The van der Waals surface area contributed by atoms with Crippen LogP contribution in [-0.2, 0) is 9.59 Å². The second kappa shape index (κ2) is 7.36. The average Bonchev–Trinajstić information content (AvgIpc) is 2.77. The van der Waals surface area contributed by atoms with Gasteiger partial charge in [-0.25, -0.2) is 4.79 Å². The molecule has 1 atom stereocenters. The van der Waals surface area contributed by atoms with Crippen molar-refractivity contribution in [3.8, 4) is 0 Å². The van der Waals surface area contributed by atoms with E-state index in [2.05, 4.69) is 10.2 Å². The van der Waals surface area contributed by atoms with Crippen molar-refractivity contribution >= 4 is 11.9 Å². The van der Waals surface area contributed by atoms with Crippen LogP contribution in [0.4, 0.5) is 0 Å². The highest BCUT2D eigenvalue weighted by Gasteiger charge is 2.21. The molecule has 1 heterocycles. The van der Waals surface area contributed by atoms with Gasteiger partial charge in [0.25, 0.3) is 0 Å². The second-order valence-electron chi connectivity index (χ2n) is 5.39. The van der Waals surface area contributed by atoms with Gasteiger partial charge in [0, 0.05) is 13.0 Å². The lowest BCUT2D eigenvalue weighted by atomic mass is 10.0. The van der Waals surface area contributed by atoms with Crippen LogP contribution < -0.4 is 5.32 Å². The number of carboxylic acid groups (broad SMARTS) is 1. The van der Waals surface area contributed by atoms with E-state index in [9.17, 15) is 9.59 Å². The Bertz CT molecular complexity index is 286. The van der Waals surface area contributed by atoms with Gasteiger partial charge in [-0.2, -0.15) is 0 Å². The number of nitrogens with zero attached hydrogens (tertiary/aromatic N) is 1. The average molecular weight is 256 g/mol. The summed E-state index contributed by atoms with van der Waals surface area (Å²) in [6.07, 6.45) is 3.27. The van der Waals surface area contributed by atoms with Crippen LogP contribution in [0.25, 0.3) is 0 Å². The summed E-state index contributed by atoms with van der Waals surface area (Å²) in [5.74, 6) is -0.849. The SMILES string of the molecule is CC(C)C[C@H](NC(=O)CCN1CCCC1)C(=O)O. The Balaban J connectivity index is 2.29. The summed E-state index contributed by atoms with van der Waals surface area (Å²) in [4.78, 5) is 24.9. The van der Waals surface area contributed by atoms with E-state index in [4.69, 9.17) is 5.11 Å². The third-order valence-electron chi connectivity index (χ3n) is 3.19. The van der Waals surface area contributed by atoms with E-state index in [0.717, 1.165) is 19.6 Å². The first kappa shape index (κ1) is 15.0. The van der Waals surface area contributed by atoms with Crippen molar-refractivity contribution in [1.29, 1.82) is 0 Å². The fourth-order valence-corrected chi connectivity index (χ4v) is 2.23. The van der Waals surface area contributed by atoms with Gasteiger partial charge in [0.15, 0.2) is 0 Å². The maximum atomic E-state index is 11.7. The third-order valence-corrected chi connectivity index (χ3v) is 3.19. The molecule has 18 heavy (non-hydrogen) atoms. The molecule has 104 valence electrons. The number of nitrogens with one attached hydrogen (secondary N) is 1. The number of rotatable bonds is 7. The highest BCUT2D eigenvalue weighted by Crippen LogP contribution is 2.08. The lowest BCUT2D eigenvalue weighted by molar-refractivity contribution is -0.142. The van der Waals surface area contributed by atoms with E-state index < -0.39 is 12.0 Å². The Morgan fingerprint density at radius 2 is 1.89 bits per heavy atom. The van der Waals surface area contributed by atoms with Crippen molar-refractivity contribution in [2.24, 2.45) is 5.92 Å². The summed E-state index contributed by atoms with van der Waals surface area (Å²) in [6.45, 7) is 6.75. The minimum Gasteiger partial charge on any atom is -0.480 e. The molecule has 1 aliphatic heterocycles. The van der Waals surface area contributed by atoms with E-state index in [1.165, 1.54) is 12.8 Å². The van der Waals surface area contributed by atoms with Gasteiger partial charge in [0.2, 0.25) is 5.91 Å². The normalized spacial score (nSPS) is 17.9. The molecule has 0 aromatic carbocycles. The summed E-state index contributed by atoms with van der Waals surface area (Å²) in [5, 5.41) is 11.6. The van der Waals surface area contributed by atoms with Crippen LogP contribution in [0.3, 0.4) is 0 Å². The maximum absolute atomic E-state index is 11.7. The Kier molecular flexibility index (Phi) is 6.12. The minimum atomic E-state index is -0.946. The van der Waals surface area contributed by atoms with Crippen LogP contribution >= 0.6 is 0 Å². The first-order valence-electron chi connectivity index (χ1n) is 6.73. The van der Waals surface area contributed by atoms with Crippen LogP contribution in [-0.4, -0.2) is 47.6 Å². The molecule has 1 aliphatic rings. The molecule has 1 amide bonds. The molecule has 1 fully saturated rings. The van der Waals surface area contributed by atoms with Gasteiger partial charge in [0.1, 0.15) is 6.04 Å². The zero-order valence-electron chi connectivity index (χ0n) is 11.3. The molecule has 0 saturated carbocycles. The van der Waals surface area contributed by atoms with Crippen molar-refractivity contribution in [3.05, 3.63) is 0 Å². The monoisotopic (exact) mass is 256 g/mol. The number of hydrogen-bond donors (Lipinski definition) is 2. The standard InChI is InChI=1S/C13H24N2O3/c1-10(2)9-11(13(17)18)14-12(16)5-8-15-6-3-4-7-15/h10-11H,3-9H2,1-2H3,(H,14,16)(H,17,18)/t11-/m0/s1. The first-order chi connectivity index (χ1) is 8.49. The highest BCUT2D eigenvalue weighted by molar-refractivity contribution is 5.83. The maximum Gasteiger partial charge on any atom is 0.326 e. The number of hydrogen-bond acceptors (Lipinski definition) is 3. The van der Waals surface area contributed by atoms with Gasteiger partial charge in [-0.05, 0) is 38.3 Å². The van der Waals surface area contributed by atoms with Gasteiger partial charge in [-0.3, -0.25) is 4.79 Å². The number of aliphatic carboxylic acids is 1. The molecule has 5 nitrogen and oxygen atoms in total. The molecule has 0 aromatic heterocycles. The Hall–Kier alpha value is -1.10. The minimum absolute atomic E-state index is 0.157. The molecular formula is C13H24N2O3. The summed E-state index contributed by atoms with van der Waals surface area (Å²) in [7, 11) is 0. The molecule has 0 aliphatic carbocycles. The molecule has 0 radical (unpaired) electrons. The largest absolute Gasteiger partial charge is 0.480 e. The predicted molar refractivity (Wildman–Crippen MR) is 69.3 cm³/mol. The summed E-state index contributed by atoms with van der Waals surface area (Å²) < 4.78 is 0. The molecule has 1 rings (SSSR count). The fourth-order valence-electron chi connectivity index (χ4n) is 2.23. The van der Waals surface area contributed by atoms with Crippen molar-refractivity contribution in [1.82, 2.24) is 10.2 Å². The van der Waals surface area contributed by atoms with Gasteiger partial charge in [0.05, 0.1) is 0 Å². The first-order valence-corrected chi connectivity index (χ1v) is 6.73. The number of carbonyl (C=O) groups excluding carboxylic acids is 1. The Morgan fingerprint density at radius 1 is 1.28 bits per heavy atom. The number of amides is 1. The van der Waals surface area contributed by atoms with Crippen LogP contribution in [0, 0.1) is 5.92 Å². The third kappa shape index (κ3) is 5.49. The fraction of sp³-hybridized carbons (Fsp3) is 0.846. The van der Waals surface area contributed by atoms with Crippen molar-refractivity contribution in [2.75, 3.05) is 19.6 Å². The smallest absolute Gasteiger partial charge is 0.326 e. The lowest BCUT2D eigenvalue weighted by Gasteiger charge is -2.18. The van der Waals surface area contributed by atoms with E-state index in [-0.39, 0.29) is 11.8 Å². The molecule has 2 N–H and O–H groups in total. The number of carbonyl (C=O) groups is 2. The molecule has 1 saturated heterocycles. The van der Waals surface area contributed by atoms with Crippen molar-refractivity contribution < 1.29 is 14.7 Å². The van der Waals surface area contributed by atoms with E-state index in [1.807, 2.05) is 13.8 Å². The van der Waals surface area contributed by atoms with Crippen LogP contribution in [0.2, 0.25) is 0 Å². The lowest BCUT2D eigenvalue weighted by Crippen LogP contribution is -2.42. The van der Waals surface area contributed by atoms with E-state index in [0.29, 0.717) is 12.8 Å². The molecule has 5 heteroatoms. The van der Waals surface area contributed by atoms with E-state index >= 15 is 0 Å². The van der Waals surface area contributed by atoms with Gasteiger partial charge >= 0.3 is 5.97 Å². The number of carboxylic acids is 1. The second-order valence-corrected chi connectivity index (χ2v) is 5.39. The van der Waals surface area contributed by atoms with Gasteiger partial charge in [-0.15, -0.1) is 0 Å². The Morgan fingerprint density at radius 3 is 2.39 bits per heavy atom. The summed E-state index contributed by atoms with van der Waals surface area (Å²) in [6, 6.07) is -0.754. The summed E-state index contributed by atoms with van der Waals surface area (Å²) >= 11 is 0. The zero-order chi connectivity index (χ0) is 13.5. The highest BCUT2D eigenvalue weighted by atomic mass is 16.4. The van der Waals surface area contributed by atoms with Crippen molar-refractivity contribution in [2.45, 2.75) is 45.6 Å². The quantitative estimate of drug-likeness (QED) is 0.715. The molecule has 0 bridgehead atoms.